The zero-order chi connectivity index (χ0) is 10.8. The number of hydrogen-bond donors (Lipinski definition) is 1. The lowest BCUT2D eigenvalue weighted by molar-refractivity contribution is -0.145. The Balaban J connectivity index is 2.79. The Bertz CT molecular complexity index is 294. The van der Waals surface area contributed by atoms with E-state index in [0.717, 1.165) is 12.4 Å². The van der Waals surface area contributed by atoms with Crippen LogP contribution in [0.5, 0.6) is 0 Å². The number of nitrogens with zero attached hydrogens (tertiary/aromatic N) is 2. The molecule has 1 radical (unpaired) electrons. The van der Waals surface area contributed by atoms with Crippen LogP contribution in [0.3, 0.4) is 0 Å². The van der Waals surface area contributed by atoms with E-state index >= 15 is 0 Å². The molecule has 0 aliphatic rings. The molecule has 1 rings (SSSR count). The smallest absolute Gasteiger partial charge is 0.387 e. The summed E-state index contributed by atoms with van der Waals surface area (Å²) in [7, 11) is 0. The number of alkyl halides is 3. The van der Waals surface area contributed by atoms with Gasteiger partial charge in [-0.25, -0.2) is 9.97 Å². The zero-order valence-electron chi connectivity index (χ0n) is 7.34. The molecule has 1 N–H and O–H groups in total. The predicted molar refractivity (Wildman–Crippen MR) is 41.6 cm³/mol. The first-order chi connectivity index (χ1) is 6.39. The molecule has 0 amide bonds. The third-order valence-corrected chi connectivity index (χ3v) is 1.42. The summed E-state index contributed by atoms with van der Waals surface area (Å²) < 4.78 is 36.0. The number of hydrogen-bond acceptors (Lipinski definition) is 3. The first-order valence-corrected chi connectivity index (χ1v) is 3.79. The van der Waals surface area contributed by atoms with Crippen molar-refractivity contribution in [3.05, 3.63) is 29.9 Å². The Labute approximate surface area is 78.6 Å². The van der Waals surface area contributed by atoms with E-state index in [9.17, 15) is 13.2 Å². The quantitative estimate of drug-likeness (QED) is 0.802. The highest BCUT2D eigenvalue weighted by atomic mass is 19.4. The highest BCUT2D eigenvalue weighted by Gasteiger charge is 2.34. The average Bonchev–Trinajstić information content (AvgIpc) is 2.02. The van der Waals surface area contributed by atoms with E-state index in [2.05, 4.69) is 9.97 Å². The summed E-state index contributed by atoms with van der Waals surface area (Å²) in [4.78, 5) is 6.28. The van der Waals surface area contributed by atoms with E-state index in [4.69, 9.17) is 5.11 Å². The topological polar surface area (TPSA) is 46.0 Å². The molecule has 0 aromatic carbocycles. The molecule has 0 saturated heterocycles. The largest absolute Gasteiger partial charge is 0.451 e. The normalized spacial score (nSPS) is 12.1. The summed E-state index contributed by atoms with van der Waals surface area (Å²) in [6.07, 6.45) is -2.15. The maximum atomic E-state index is 12.0. The molecule has 0 unspecified atom stereocenters. The molecule has 0 bridgehead atoms. The van der Waals surface area contributed by atoms with Crippen molar-refractivity contribution >= 4 is 0 Å². The van der Waals surface area contributed by atoms with Crippen molar-refractivity contribution in [2.45, 2.75) is 19.5 Å². The van der Waals surface area contributed by atoms with Crippen LogP contribution in [-0.4, -0.2) is 15.1 Å². The fourth-order valence-electron chi connectivity index (χ4n) is 0.888. The second-order valence-electron chi connectivity index (χ2n) is 2.82. The minimum atomic E-state index is -4.52. The lowest BCUT2D eigenvalue weighted by Crippen LogP contribution is -2.11. The molecule has 14 heavy (non-hydrogen) atoms. The van der Waals surface area contributed by atoms with Crippen molar-refractivity contribution < 1.29 is 18.3 Å². The van der Waals surface area contributed by atoms with Gasteiger partial charge in [-0.3, -0.25) is 0 Å². The molecule has 0 fully saturated rings. The standard InChI is InChI=1S/C8H8F3N2O/c1-5(14)2-6-3-12-7(13-4-6)8(9,10)11/h3-4,14H,2H2,1H3. The first kappa shape index (κ1) is 10.9. The van der Waals surface area contributed by atoms with Gasteiger partial charge in [0.05, 0.1) is 6.10 Å². The molecule has 0 aliphatic carbocycles. The first-order valence-electron chi connectivity index (χ1n) is 3.79. The van der Waals surface area contributed by atoms with Crippen LogP contribution in [0.25, 0.3) is 0 Å². The predicted octanol–water partition coefficient (Wildman–Crippen LogP) is 1.96. The lowest BCUT2D eigenvalue weighted by Gasteiger charge is -2.05. The molecule has 3 nitrogen and oxygen atoms in total. The molecular weight excluding hydrogens is 197 g/mol. The molecule has 0 aliphatic heterocycles. The van der Waals surface area contributed by atoms with Crippen molar-refractivity contribution in [3.63, 3.8) is 0 Å². The van der Waals surface area contributed by atoms with Crippen LogP contribution in [0.15, 0.2) is 12.4 Å². The fourth-order valence-corrected chi connectivity index (χ4v) is 0.888. The number of aliphatic hydroxyl groups excluding tert-OH is 1. The van der Waals surface area contributed by atoms with E-state index < -0.39 is 12.0 Å². The summed E-state index contributed by atoms with van der Waals surface area (Å²) in [5.41, 5.74) is 0.443. The highest BCUT2D eigenvalue weighted by Crippen LogP contribution is 2.25. The second kappa shape index (κ2) is 3.91. The molecule has 1 aromatic rings. The van der Waals surface area contributed by atoms with Gasteiger partial charge in [0, 0.05) is 18.8 Å². The molecule has 1 aromatic heterocycles. The maximum absolute atomic E-state index is 12.0. The molecule has 0 saturated carbocycles. The zero-order valence-corrected chi connectivity index (χ0v) is 7.34. The molecule has 6 heteroatoms. The molecule has 0 spiro atoms. The van der Waals surface area contributed by atoms with E-state index in [1.54, 1.807) is 0 Å². The summed E-state index contributed by atoms with van der Waals surface area (Å²) in [6.45, 7) is 1.46. The van der Waals surface area contributed by atoms with E-state index in [1.165, 1.54) is 6.92 Å². The van der Waals surface area contributed by atoms with Gasteiger partial charge >= 0.3 is 6.18 Å². The minimum Gasteiger partial charge on any atom is -0.387 e. The van der Waals surface area contributed by atoms with Crippen molar-refractivity contribution in [2.24, 2.45) is 0 Å². The van der Waals surface area contributed by atoms with Crippen LogP contribution in [-0.2, 0) is 12.6 Å². The number of rotatable bonds is 2. The van der Waals surface area contributed by atoms with Crippen molar-refractivity contribution in [1.29, 1.82) is 0 Å². The Morgan fingerprint density at radius 2 is 1.86 bits per heavy atom. The molecule has 1 heterocycles. The van der Waals surface area contributed by atoms with Gasteiger partial charge in [-0.1, -0.05) is 0 Å². The van der Waals surface area contributed by atoms with Gasteiger partial charge in [-0.05, 0) is 12.5 Å². The maximum Gasteiger partial charge on any atom is 0.451 e. The molecular formula is C8H8F3N2O. The Morgan fingerprint density at radius 1 is 1.36 bits per heavy atom. The van der Waals surface area contributed by atoms with Crippen molar-refractivity contribution in [3.8, 4) is 0 Å². The lowest BCUT2D eigenvalue weighted by atomic mass is 10.2. The van der Waals surface area contributed by atoms with E-state index in [-0.39, 0.29) is 12.5 Å². The van der Waals surface area contributed by atoms with Crippen molar-refractivity contribution in [1.82, 2.24) is 9.97 Å². The van der Waals surface area contributed by atoms with Crippen LogP contribution in [0.4, 0.5) is 13.2 Å². The second-order valence-corrected chi connectivity index (χ2v) is 2.82. The van der Waals surface area contributed by atoms with Crippen LogP contribution in [0, 0.1) is 6.10 Å². The van der Waals surface area contributed by atoms with Gasteiger partial charge in [-0.15, -0.1) is 0 Å². The highest BCUT2D eigenvalue weighted by molar-refractivity contribution is 5.09. The number of aliphatic hydroxyl groups is 1. The van der Waals surface area contributed by atoms with Crippen LogP contribution < -0.4 is 0 Å². The van der Waals surface area contributed by atoms with E-state index in [0.29, 0.717) is 5.56 Å². The summed E-state index contributed by atoms with van der Waals surface area (Å²) in [6, 6.07) is 0. The van der Waals surface area contributed by atoms with Crippen LogP contribution in [0.1, 0.15) is 18.3 Å². The Morgan fingerprint density at radius 3 is 2.21 bits per heavy atom. The number of halogens is 3. The van der Waals surface area contributed by atoms with Crippen LogP contribution >= 0.6 is 0 Å². The SMILES string of the molecule is C[C](O)Cc1cnc(C(F)(F)F)nc1. The Hall–Kier alpha value is -1.17. The van der Waals surface area contributed by atoms with Gasteiger partial charge in [0.25, 0.3) is 0 Å². The minimum absolute atomic E-state index is 0.105. The Kier molecular flexibility index (Phi) is 3.05. The number of aromatic nitrogens is 2. The van der Waals surface area contributed by atoms with Gasteiger partial charge in [0.1, 0.15) is 0 Å². The van der Waals surface area contributed by atoms with Gasteiger partial charge < -0.3 is 5.11 Å². The monoisotopic (exact) mass is 205 g/mol. The van der Waals surface area contributed by atoms with Crippen LogP contribution in [0.2, 0.25) is 0 Å². The average molecular weight is 205 g/mol. The van der Waals surface area contributed by atoms with Gasteiger partial charge in [-0.2, -0.15) is 13.2 Å². The molecule has 0 atom stereocenters. The third-order valence-electron chi connectivity index (χ3n) is 1.42. The third kappa shape index (κ3) is 2.95. The van der Waals surface area contributed by atoms with Crippen molar-refractivity contribution in [2.75, 3.05) is 0 Å². The summed E-state index contributed by atoms with van der Waals surface area (Å²) in [5.74, 6) is -1.17. The summed E-state index contributed by atoms with van der Waals surface area (Å²) in [5, 5.41) is 8.87. The molecule has 77 valence electrons. The van der Waals surface area contributed by atoms with E-state index in [1.807, 2.05) is 0 Å². The summed E-state index contributed by atoms with van der Waals surface area (Å²) >= 11 is 0. The van der Waals surface area contributed by atoms with Gasteiger partial charge in [0.15, 0.2) is 0 Å². The fraction of sp³-hybridized carbons (Fsp3) is 0.375. The van der Waals surface area contributed by atoms with Gasteiger partial charge in [0.2, 0.25) is 5.82 Å².